The van der Waals surface area contributed by atoms with E-state index in [0.29, 0.717) is 30.3 Å². The maximum absolute atomic E-state index is 12.5. The Morgan fingerprint density at radius 3 is 2.38 bits per heavy atom. The maximum atomic E-state index is 12.5. The standard InChI is InChI=1S/C19H28ClNO5/c1-14(2)25-11-5-10-21(12-15(3)19(23)24-4)18(22)13-26-17-8-6-16(20)7-9-17/h6-9,14-15H,5,10-13H2,1-4H3. The minimum absolute atomic E-state index is 0.111. The van der Waals surface area contributed by atoms with Crippen LogP contribution in [0.4, 0.5) is 0 Å². The molecule has 0 spiro atoms. The van der Waals surface area contributed by atoms with E-state index in [1.165, 1.54) is 7.11 Å². The van der Waals surface area contributed by atoms with Crippen LogP contribution in [0.2, 0.25) is 5.02 Å². The molecule has 6 nitrogen and oxygen atoms in total. The Kier molecular flexibility index (Phi) is 10.1. The summed E-state index contributed by atoms with van der Waals surface area (Å²) >= 11 is 5.83. The Labute approximate surface area is 160 Å². The number of halogens is 1. The van der Waals surface area contributed by atoms with Gasteiger partial charge in [-0.15, -0.1) is 0 Å². The van der Waals surface area contributed by atoms with E-state index in [4.69, 9.17) is 25.8 Å². The highest BCUT2D eigenvalue weighted by Crippen LogP contribution is 2.15. The Morgan fingerprint density at radius 2 is 1.81 bits per heavy atom. The molecule has 1 aromatic carbocycles. The molecular formula is C19H28ClNO5. The number of benzene rings is 1. The van der Waals surface area contributed by atoms with Crippen LogP contribution in [-0.2, 0) is 19.1 Å². The number of amides is 1. The van der Waals surface area contributed by atoms with Crippen molar-refractivity contribution in [2.75, 3.05) is 33.4 Å². The number of rotatable bonds is 11. The molecule has 0 heterocycles. The molecule has 1 rings (SSSR count). The Bertz CT molecular complexity index is 562. The summed E-state index contributed by atoms with van der Waals surface area (Å²) in [6.45, 7) is 6.85. The van der Waals surface area contributed by atoms with E-state index in [2.05, 4.69) is 0 Å². The molecule has 0 saturated carbocycles. The van der Waals surface area contributed by atoms with Crippen molar-refractivity contribution in [1.29, 1.82) is 0 Å². The van der Waals surface area contributed by atoms with Gasteiger partial charge in [0.25, 0.3) is 5.91 Å². The zero-order valence-corrected chi connectivity index (χ0v) is 16.6. The van der Waals surface area contributed by atoms with Gasteiger partial charge in [-0.3, -0.25) is 9.59 Å². The molecule has 0 aliphatic rings. The van der Waals surface area contributed by atoms with Crippen LogP contribution in [0.3, 0.4) is 0 Å². The van der Waals surface area contributed by atoms with Crippen molar-refractivity contribution in [3.05, 3.63) is 29.3 Å². The van der Waals surface area contributed by atoms with Gasteiger partial charge in [-0.2, -0.15) is 0 Å². The lowest BCUT2D eigenvalue weighted by atomic mass is 10.1. The van der Waals surface area contributed by atoms with Crippen LogP contribution in [0.25, 0.3) is 0 Å². The van der Waals surface area contributed by atoms with Gasteiger partial charge in [0.05, 0.1) is 19.1 Å². The number of carbonyl (C=O) groups is 2. The van der Waals surface area contributed by atoms with Crippen molar-refractivity contribution in [3.63, 3.8) is 0 Å². The van der Waals surface area contributed by atoms with Crippen molar-refractivity contribution < 1.29 is 23.8 Å². The van der Waals surface area contributed by atoms with Crippen LogP contribution in [-0.4, -0.2) is 56.3 Å². The van der Waals surface area contributed by atoms with Gasteiger partial charge in [-0.25, -0.2) is 0 Å². The van der Waals surface area contributed by atoms with Crippen molar-refractivity contribution in [3.8, 4) is 5.75 Å². The molecule has 0 fully saturated rings. The molecule has 1 unspecified atom stereocenters. The van der Waals surface area contributed by atoms with E-state index in [0.717, 1.165) is 0 Å². The third kappa shape index (κ3) is 8.54. The highest BCUT2D eigenvalue weighted by atomic mass is 35.5. The van der Waals surface area contributed by atoms with E-state index < -0.39 is 5.92 Å². The molecule has 7 heteroatoms. The Hall–Kier alpha value is -1.79. The largest absolute Gasteiger partial charge is 0.484 e. The first-order valence-corrected chi connectivity index (χ1v) is 9.06. The van der Waals surface area contributed by atoms with Gasteiger partial charge in [0, 0.05) is 24.7 Å². The van der Waals surface area contributed by atoms with E-state index in [-0.39, 0.29) is 31.1 Å². The van der Waals surface area contributed by atoms with E-state index in [1.54, 1.807) is 36.1 Å². The lowest BCUT2D eigenvalue weighted by Gasteiger charge is -2.25. The topological polar surface area (TPSA) is 65.1 Å². The highest BCUT2D eigenvalue weighted by Gasteiger charge is 2.21. The third-order valence-corrected chi connectivity index (χ3v) is 3.90. The summed E-state index contributed by atoms with van der Waals surface area (Å²) in [5.74, 6) is -0.391. The van der Waals surface area contributed by atoms with Crippen molar-refractivity contribution in [2.45, 2.75) is 33.3 Å². The molecule has 0 aliphatic carbocycles. The zero-order chi connectivity index (χ0) is 19.5. The fourth-order valence-electron chi connectivity index (χ4n) is 2.27. The van der Waals surface area contributed by atoms with Gasteiger partial charge < -0.3 is 19.1 Å². The van der Waals surface area contributed by atoms with E-state index in [9.17, 15) is 9.59 Å². The fourth-order valence-corrected chi connectivity index (χ4v) is 2.39. The van der Waals surface area contributed by atoms with Crippen LogP contribution in [0.5, 0.6) is 5.75 Å². The Morgan fingerprint density at radius 1 is 1.15 bits per heavy atom. The molecule has 0 bridgehead atoms. The normalized spacial score (nSPS) is 11.9. The molecule has 0 aromatic heterocycles. The van der Waals surface area contributed by atoms with Crippen molar-refractivity contribution in [1.82, 2.24) is 4.90 Å². The number of hydrogen-bond donors (Lipinski definition) is 0. The summed E-state index contributed by atoms with van der Waals surface area (Å²) in [5.41, 5.74) is 0. The average Bonchev–Trinajstić information content (AvgIpc) is 2.62. The maximum Gasteiger partial charge on any atom is 0.310 e. The second-order valence-electron chi connectivity index (χ2n) is 6.28. The lowest BCUT2D eigenvalue weighted by Crippen LogP contribution is -2.40. The van der Waals surface area contributed by atoms with Gasteiger partial charge in [0.15, 0.2) is 6.61 Å². The summed E-state index contributed by atoms with van der Waals surface area (Å²) in [5, 5.41) is 0.599. The zero-order valence-electron chi connectivity index (χ0n) is 15.9. The molecule has 0 N–H and O–H groups in total. The molecule has 146 valence electrons. The Balaban J connectivity index is 2.60. The quantitative estimate of drug-likeness (QED) is 0.432. The first kappa shape index (κ1) is 22.3. The highest BCUT2D eigenvalue weighted by molar-refractivity contribution is 6.30. The fraction of sp³-hybridized carbons (Fsp3) is 0.579. The molecule has 0 saturated heterocycles. The van der Waals surface area contributed by atoms with Crippen LogP contribution >= 0.6 is 11.6 Å². The molecule has 0 radical (unpaired) electrons. The van der Waals surface area contributed by atoms with Gasteiger partial charge in [0.2, 0.25) is 0 Å². The summed E-state index contributed by atoms with van der Waals surface area (Å²) in [4.78, 5) is 25.8. The molecular weight excluding hydrogens is 358 g/mol. The molecule has 0 aliphatic heterocycles. The smallest absolute Gasteiger partial charge is 0.310 e. The minimum atomic E-state index is -0.412. The number of nitrogens with zero attached hydrogens (tertiary/aromatic N) is 1. The monoisotopic (exact) mass is 385 g/mol. The molecule has 1 amide bonds. The lowest BCUT2D eigenvalue weighted by molar-refractivity contribution is -0.146. The first-order chi connectivity index (χ1) is 12.3. The van der Waals surface area contributed by atoms with Gasteiger partial charge >= 0.3 is 5.97 Å². The van der Waals surface area contributed by atoms with Crippen molar-refractivity contribution >= 4 is 23.5 Å². The second kappa shape index (κ2) is 11.8. The first-order valence-electron chi connectivity index (χ1n) is 8.69. The van der Waals surface area contributed by atoms with E-state index in [1.807, 2.05) is 13.8 Å². The average molecular weight is 386 g/mol. The predicted octanol–water partition coefficient (Wildman–Crippen LogP) is 3.17. The SMILES string of the molecule is COC(=O)C(C)CN(CCCOC(C)C)C(=O)COc1ccc(Cl)cc1. The van der Waals surface area contributed by atoms with Crippen molar-refractivity contribution in [2.24, 2.45) is 5.92 Å². The van der Waals surface area contributed by atoms with Crippen LogP contribution in [0.15, 0.2) is 24.3 Å². The second-order valence-corrected chi connectivity index (χ2v) is 6.72. The summed E-state index contributed by atoms with van der Waals surface area (Å²) < 4.78 is 15.8. The number of carbonyl (C=O) groups excluding carboxylic acids is 2. The van der Waals surface area contributed by atoms with Gasteiger partial charge in [-0.05, 0) is 44.5 Å². The van der Waals surface area contributed by atoms with Gasteiger partial charge in [0.1, 0.15) is 5.75 Å². The number of ether oxygens (including phenoxy) is 3. The molecule has 1 atom stereocenters. The van der Waals surface area contributed by atoms with E-state index >= 15 is 0 Å². The summed E-state index contributed by atoms with van der Waals surface area (Å²) in [6, 6.07) is 6.80. The molecule has 26 heavy (non-hydrogen) atoms. The van der Waals surface area contributed by atoms with Gasteiger partial charge in [-0.1, -0.05) is 18.5 Å². The summed E-state index contributed by atoms with van der Waals surface area (Å²) in [6.07, 6.45) is 0.819. The molecule has 1 aromatic rings. The summed E-state index contributed by atoms with van der Waals surface area (Å²) in [7, 11) is 1.34. The minimum Gasteiger partial charge on any atom is -0.484 e. The predicted molar refractivity (Wildman–Crippen MR) is 100 cm³/mol. The number of methoxy groups -OCH3 is 1. The van der Waals surface area contributed by atoms with Crippen LogP contribution < -0.4 is 4.74 Å². The number of esters is 1. The third-order valence-electron chi connectivity index (χ3n) is 3.65. The number of hydrogen-bond acceptors (Lipinski definition) is 5. The van der Waals surface area contributed by atoms with Crippen LogP contribution in [0, 0.1) is 5.92 Å². The van der Waals surface area contributed by atoms with Crippen LogP contribution in [0.1, 0.15) is 27.2 Å².